The molecule has 15 heavy (non-hydrogen) atoms. The van der Waals surface area contributed by atoms with Crippen molar-refractivity contribution in [2.45, 2.75) is 0 Å². The van der Waals surface area contributed by atoms with Crippen LogP contribution < -0.4 is 0 Å². The molecule has 0 saturated carbocycles. The van der Waals surface area contributed by atoms with Gasteiger partial charge in [0.15, 0.2) is 0 Å². The quantitative estimate of drug-likeness (QED) is 0.530. The fraction of sp³-hybridized carbons (Fsp3) is 0.286. The Balaban J connectivity index is 2.31. The molecule has 2 aromatic heterocycles. The molecule has 0 N–H and O–H groups in total. The van der Waals surface area contributed by atoms with Crippen LogP contribution in [-0.2, 0) is 0 Å². The molecule has 0 aliphatic rings. The molecule has 8 nitrogen and oxygen atoms in total. The third-order valence-corrected chi connectivity index (χ3v) is 1.46. The maximum atomic E-state index is 4.59. The molecule has 2 rings (SSSR count). The van der Waals surface area contributed by atoms with Gasteiger partial charge in [0, 0.05) is 14.1 Å². The Morgan fingerprint density at radius 3 is 2.87 bits per heavy atom. The van der Waals surface area contributed by atoms with Gasteiger partial charge in [0.1, 0.15) is 0 Å². The molecule has 0 bridgehead atoms. The van der Waals surface area contributed by atoms with Crippen molar-refractivity contribution in [1.29, 1.82) is 0 Å². The highest BCUT2D eigenvalue weighted by Gasteiger charge is 2.15. The van der Waals surface area contributed by atoms with Crippen LogP contribution >= 0.6 is 0 Å². The summed E-state index contributed by atoms with van der Waals surface area (Å²) in [5.41, 5.74) is 0.349. The molecule has 0 fully saturated rings. The van der Waals surface area contributed by atoms with Crippen LogP contribution in [0, 0.1) is 0 Å². The minimum absolute atomic E-state index is 0.294. The van der Waals surface area contributed by atoms with E-state index in [1.807, 2.05) is 14.1 Å². The van der Waals surface area contributed by atoms with Crippen molar-refractivity contribution >= 4 is 12.2 Å². The van der Waals surface area contributed by atoms with Crippen molar-refractivity contribution in [2.75, 3.05) is 14.1 Å². The molecule has 0 amide bonds. The fourth-order valence-corrected chi connectivity index (χ4v) is 0.855. The van der Waals surface area contributed by atoms with Crippen LogP contribution in [0.25, 0.3) is 11.5 Å². The third kappa shape index (κ3) is 1.98. The van der Waals surface area contributed by atoms with Crippen molar-refractivity contribution in [3.05, 3.63) is 6.39 Å². The second-order valence-electron chi connectivity index (χ2n) is 2.90. The minimum Gasteiger partial charge on any atom is -0.369 e. The van der Waals surface area contributed by atoms with E-state index in [0.29, 0.717) is 17.3 Å². The molecule has 0 aromatic carbocycles. The molecule has 2 heterocycles. The Morgan fingerprint density at radius 2 is 2.20 bits per heavy atom. The van der Waals surface area contributed by atoms with E-state index in [0.717, 1.165) is 0 Å². The maximum Gasteiger partial charge on any atom is 0.229 e. The van der Waals surface area contributed by atoms with Crippen LogP contribution in [0.3, 0.4) is 0 Å². The van der Waals surface area contributed by atoms with Crippen LogP contribution in [0.2, 0.25) is 0 Å². The normalized spacial score (nSPS) is 11.1. The van der Waals surface area contributed by atoms with Gasteiger partial charge in [-0.3, -0.25) is 0 Å². The zero-order chi connectivity index (χ0) is 10.7. The largest absolute Gasteiger partial charge is 0.369 e. The van der Waals surface area contributed by atoms with Gasteiger partial charge in [0.2, 0.25) is 23.7 Å². The van der Waals surface area contributed by atoms with E-state index in [-0.39, 0.29) is 0 Å². The summed E-state index contributed by atoms with van der Waals surface area (Å²) in [6.45, 7) is 0. The van der Waals surface area contributed by atoms with Gasteiger partial charge in [-0.1, -0.05) is 5.16 Å². The Morgan fingerprint density at radius 1 is 1.33 bits per heavy atom. The molecular weight excluding hydrogens is 200 g/mol. The minimum atomic E-state index is 0.294. The van der Waals surface area contributed by atoms with Crippen molar-refractivity contribution < 1.29 is 9.15 Å². The third-order valence-electron chi connectivity index (χ3n) is 1.46. The van der Waals surface area contributed by atoms with Crippen molar-refractivity contribution in [3.63, 3.8) is 0 Å². The summed E-state index contributed by atoms with van der Waals surface area (Å²) in [6.07, 6.45) is 2.77. The number of rotatable bonds is 3. The van der Waals surface area contributed by atoms with Crippen LogP contribution in [0.5, 0.6) is 0 Å². The molecule has 0 aliphatic carbocycles. The summed E-state index contributed by atoms with van der Waals surface area (Å²) < 4.78 is 9.13. The molecule has 0 unspecified atom stereocenters. The number of aliphatic imine (C=N–C) groups is 1. The van der Waals surface area contributed by atoms with Gasteiger partial charge in [-0.2, -0.15) is 4.98 Å². The Labute approximate surface area is 84.6 Å². The predicted octanol–water partition coefficient (Wildman–Crippen LogP) is 0.341. The summed E-state index contributed by atoms with van der Waals surface area (Å²) >= 11 is 0. The van der Waals surface area contributed by atoms with Crippen molar-refractivity contribution in [1.82, 2.24) is 25.4 Å². The van der Waals surface area contributed by atoms with Crippen molar-refractivity contribution in [3.8, 4) is 11.5 Å². The van der Waals surface area contributed by atoms with Crippen molar-refractivity contribution in [2.24, 2.45) is 4.99 Å². The maximum absolute atomic E-state index is 4.59. The second kappa shape index (κ2) is 3.86. The molecule has 0 atom stereocenters. The lowest BCUT2D eigenvalue weighted by Gasteiger charge is -1.99. The molecule has 0 radical (unpaired) electrons. The van der Waals surface area contributed by atoms with Crippen LogP contribution in [-0.4, -0.2) is 45.8 Å². The van der Waals surface area contributed by atoms with Gasteiger partial charge in [0.05, 0.1) is 6.34 Å². The van der Waals surface area contributed by atoms with Gasteiger partial charge in [0.25, 0.3) is 0 Å². The molecular formula is C7H8N6O2. The zero-order valence-corrected chi connectivity index (χ0v) is 8.15. The number of aromatic nitrogens is 4. The lowest BCUT2D eigenvalue weighted by Crippen LogP contribution is -2.07. The van der Waals surface area contributed by atoms with E-state index in [4.69, 9.17) is 0 Å². The number of hydrogen-bond donors (Lipinski definition) is 0. The lowest BCUT2D eigenvalue weighted by atomic mass is 10.4. The first kappa shape index (κ1) is 9.31. The highest BCUT2D eigenvalue weighted by molar-refractivity contribution is 5.67. The SMILES string of the molecule is CN(C)C=Nc1nonc1-c1ncon1. The fourth-order valence-electron chi connectivity index (χ4n) is 0.855. The molecule has 2 aromatic rings. The van der Waals surface area contributed by atoms with E-state index in [9.17, 15) is 0 Å². The average molecular weight is 208 g/mol. The Bertz CT molecular complexity index is 446. The first-order valence-corrected chi connectivity index (χ1v) is 4.07. The predicted molar refractivity (Wildman–Crippen MR) is 49.4 cm³/mol. The van der Waals surface area contributed by atoms with E-state index < -0.39 is 0 Å². The molecule has 0 saturated heterocycles. The second-order valence-corrected chi connectivity index (χ2v) is 2.90. The summed E-state index contributed by atoms with van der Waals surface area (Å²) in [7, 11) is 3.68. The van der Waals surface area contributed by atoms with Gasteiger partial charge >= 0.3 is 0 Å². The highest BCUT2D eigenvalue weighted by Crippen LogP contribution is 2.22. The van der Waals surface area contributed by atoms with Gasteiger partial charge in [-0.25, -0.2) is 9.62 Å². The summed E-state index contributed by atoms with van der Waals surface area (Å²) in [5.74, 6) is 0.604. The molecule has 78 valence electrons. The number of hydrogen-bond acceptors (Lipinski definition) is 7. The van der Waals surface area contributed by atoms with Gasteiger partial charge in [-0.15, -0.1) is 0 Å². The summed E-state index contributed by atoms with van der Waals surface area (Å²) in [5, 5.41) is 10.9. The molecule has 0 aliphatic heterocycles. The van der Waals surface area contributed by atoms with Gasteiger partial charge < -0.3 is 9.42 Å². The Kier molecular flexibility index (Phi) is 2.40. The zero-order valence-electron chi connectivity index (χ0n) is 8.15. The van der Waals surface area contributed by atoms with E-state index in [2.05, 4.69) is 34.6 Å². The van der Waals surface area contributed by atoms with Crippen LogP contribution in [0.1, 0.15) is 0 Å². The summed E-state index contributed by atoms with van der Waals surface area (Å²) in [4.78, 5) is 9.61. The lowest BCUT2D eigenvalue weighted by molar-refractivity contribution is 0.309. The number of nitrogens with zero attached hydrogens (tertiary/aromatic N) is 6. The summed E-state index contributed by atoms with van der Waals surface area (Å²) in [6, 6.07) is 0. The van der Waals surface area contributed by atoms with E-state index in [1.165, 1.54) is 6.39 Å². The first-order chi connectivity index (χ1) is 7.27. The first-order valence-electron chi connectivity index (χ1n) is 4.07. The average Bonchev–Trinajstić information content (AvgIpc) is 2.85. The van der Waals surface area contributed by atoms with Crippen LogP contribution in [0.4, 0.5) is 5.82 Å². The monoisotopic (exact) mass is 208 g/mol. The topological polar surface area (TPSA) is 93.4 Å². The van der Waals surface area contributed by atoms with E-state index in [1.54, 1.807) is 11.2 Å². The smallest absolute Gasteiger partial charge is 0.229 e. The molecule has 8 heteroatoms. The Hall–Kier alpha value is -2.25. The van der Waals surface area contributed by atoms with Gasteiger partial charge in [-0.05, 0) is 10.3 Å². The molecule has 0 spiro atoms. The van der Waals surface area contributed by atoms with E-state index >= 15 is 0 Å². The highest BCUT2D eigenvalue weighted by atomic mass is 16.6. The van der Waals surface area contributed by atoms with Crippen LogP contribution in [0.15, 0.2) is 20.5 Å². The standard InChI is InChI=1S/C7H8N6O2/c1-13(2)3-8-6-5(10-15-12-6)7-9-4-14-11-7/h3-4H,1-2H3.